The number of hydrogen-bond donors (Lipinski definition) is 1. The number of benzene rings is 3. The number of fused-ring (bicyclic) bond motifs is 1. The van der Waals surface area contributed by atoms with Gasteiger partial charge in [0.05, 0.1) is 24.0 Å². The van der Waals surface area contributed by atoms with E-state index in [0.717, 1.165) is 22.1 Å². The number of nitrogens with zero attached hydrogens (tertiary/aromatic N) is 1. The monoisotopic (exact) mass is 344 g/mol. The average Bonchev–Trinajstić information content (AvgIpc) is 2.58. The highest BCUT2D eigenvalue weighted by Crippen LogP contribution is 2.27. The zero-order valence-corrected chi connectivity index (χ0v) is 13.9. The lowest BCUT2D eigenvalue weighted by Crippen LogP contribution is -1.96. The Labute approximate surface area is 144 Å². The molecule has 0 unspecified atom stereocenters. The van der Waals surface area contributed by atoms with Crippen molar-refractivity contribution in [1.29, 1.82) is 0 Å². The fourth-order valence-electron chi connectivity index (χ4n) is 2.34. The molecule has 23 heavy (non-hydrogen) atoms. The highest BCUT2D eigenvalue weighted by Gasteiger charge is 2.06. The molecule has 0 saturated heterocycles. The second-order valence-corrected chi connectivity index (χ2v) is 5.74. The number of ether oxygens (including phenoxy) is 1. The van der Waals surface area contributed by atoms with Gasteiger partial charge in [-0.25, -0.2) is 0 Å². The molecule has 1 N–H and O–H groups in total. The quantitative estimate of drug-likeness (QED) is 0.493. The summed E-state index contributed by atoms with van der Waals surface area (Å²) in [6, 6.07) is 17.2. The number of hydrogen-bond acceptors (Lipinski definition) is 3. The van der Waals surface area contributed by atoms with Gasteiger partial charge in [0, 0.05) is 10.6 Å². The third-order valence-electron chi connectivity index (χ3n) is 3.46. The first-order chi connectivity index (χ1) is 11.2. The molecule has 3 rings (SSSR count). The number of hydrazone groups is 1. The minimum Gasteiger partial charge on any atom is -0.496 e. The number of rotatable bonds is 4. The average molecular weight is 345 g/mol. The van der Waals surface area contributed by atoms with Gasteiger partial charge in [-0.3, -0.25) is 5.43 Å². The van der Waals surface area contributed by atoms with Crippen LogP contribution in [0.15, 0.2) is 59.7 Å². The van der Waals surface area contributed by atoms with E-state index in [-0.39, 0.29) is 0 Å². The molecule has 0 atom stereocenters. The summed E-state index contributed by atoms with van der Waals surface area (Å²) in [7, 11) is 1.64. The molecule has 0 aromatic heterocycles. The summed E-state index contributed by atoms with van der Waals surface area (Å²) in [6.07, 6.45) is 1.72. The van der Waals surface area contributed by atoms with E-state index in [1.165, 1.54) is 0 Å². The molecule has 0 aliphatic carbocycles. The summed E-state index contributed by atoms with van der Waals surface area (Å²) in [5, 5.41) is 7.60. The van der Waals surface area contributed by atoms with E-state index in [9.17, 15) is 0 Å². The Morgan fingerprint density at radius 2 is 1.87 bits per heavy atom. The van der Waals surface area contributed by atoms with Crippen LogP contribution in [0.5, 0.6) is 5.75 Å². The van der Waals surface area contributed by atoms with Crippen molar-refractivity contribution in [2.75, 3.05) is 12.5 Å². The second kappa shape index (κ2) is 6.90. The predicted molar refractivity (Wildman–Crippen MR) is 98.2 cm³/mol. The lowest BCUT2D eigenvalue weighted by Gasteiger charge is -2.09. The molecular weight excluding hydrogens is 331 g/mol. The lowest BCUT2D eigenvalue weighted by atomic mass is 10.0. The van der Waals surface area contributed by atoms with Crippen molar-refractivity contribution < 1.29 is 4.74 Å². The van der Waals surface area contributed by atoms with Gasteiger partial charge in [0.25, 0.3) is 0 Å². The van der Waals surface area contributed by atoms with Gasteiger partial charge in [-0.05, 0) is 35.0 Å². The number of methoxy groups -OCH3 is 1. The van der Waals surface area contributed by atoms with Crippen LogP contribution in [0.4, 0.5) is 5.69 Å². The Morgan fingerprint density at radius 1 is 1.04 bits per heavy atom. The fraction of sp³-hybridized carbons (Fsp3) is 0.0556. The van der Waals surface area contributed by atoms with E-state index in [1.54, 1.807) is 31.5 Å². The largest absolute Gasteiger partial charge is 0.496 e. The summed E-state index contributed by atoms with van der Waals surface area (Å²) in [4.78, 5) is 0. The van der Waals surface area contributed by atoms with Gasteiger partial charge < -0.3 is 4.74 Å². The Hall–Kier alpha value is -2.23. The zero-order valence-electron chi connectivity index (χ0n) is 12.4. The maximum atomic E-state index is 6.11. The van der Waals surface area contributed by atoms with Gasteiger partial charge in [0.1, 0.15) is 5.75 Å². The van der Waals surface area contributed by atoms with Crippen LogP contribution in [-0.4, -0.2) is 13.3 Å². The van der Waals surface area contributed by atoms with Crippen LogP contribution in [0, 0.1) is 0 Å². The first-order valence-electron chi connectivity index (χ1n) is 6.99. The smallest absolute Gasteiger partial charge is 0.128 e. The summed E-state index contributed by atoms with van der Waals surface area (Å²) in [5.41, 5.74) is 4.46. The molecule has 0 aliphatic rings. The van der Waals surface area contributed by atoms with Crippen molar-refractivity contribution in [2.45, 2.75) is 0 Å². The molecule has 0 fully saturated rings. The molecule has 0 saturated carbocycles. The zero-order chi connectivity index (χ0) is 16.2. The first-order valence-corrected chi connectivity index (χ1v) is 7.74. The SMILES string of the molecule is COc1ccc2ccccc2c1C=NNc1cc(Cl)ccc1Cl. The molecule has 3 nitrogen and oxygen atoms in total. The number of anilines is 1. The Balaban J connectivity index is 1.95. The maximum Gasteiger partial charge on any atom is 0.128 e. The van der Waals surface area contributed by atoms with E-state index in [0.29, 0.717) is 15.7 Å². The lowest BCUT2D eigenvalue weighted by molar-refractivity contribution is 0.415. The molecule has 0 aliphatic heterocycles. The van der Waals surface area contributed by atoms with Gasteiger partial charge in [0.2, 0.25) is 0 Å². The summed E-state index contributed by atoms with van der Waals surface area (Å²) in [6.45, 7) is 0. The maximum absolute atomic E-state index is 6.11. The minimum absolute atomic E-state index is 0.552. The Bertz CT molecular complexity index is 878. The predicted octanol–water partition coefficient (Wildman–Crippen LogP) is 5.60. The van der Waals surface area contributed by atoms with E-state index < -0.39 is 0 Å². The van der Waals surface area contributed by atoms with Crippen LogP contribution >= 0.6 is 23.2 Å². The van der Waals surface area contributed by atoms with Gasteiger partial charge >= 0.3 is 0 Å². The van der Waals surface area contributed by atoms with E-state index >= 15 is 0 Å². The highest BCUT2D eigenvalue weighted by atomic mass is 35.5. The van der Waals surface area contributed by atoms with E-state index in [2.05, 4.69) is 10.5 Å². The van der Waals surface area contributed by atoms with Gasteiger partial charge in [-0.2, -0.15) is 5.10 Å². The molecule has 0 radical (unpaired) electrons. The Kier molecular flexibility index (Phi) is 4.70. The van der Waals surface area contributed by atoms with Crippen molar-refractivity contribution in [3.8, 4) is 5.75 Å². The van der Waals surface area contributed by atoms with Crippen molar-refractivity contribution in [2.24, 2.45) is 5.10 Å². The second-order valence-electron chi connectivity index (χ2n) is 4.90. The molecule has 0 spiro atoms. The van der Waals surface area contributed by atoms with Crippen LogP contribution in [0.3, 0.4) is 0 Å². The summed E-state index contributed by atoms with van der Waals surface area (Å²) < 4.78 is 5.43. The van der Waals surface area contributed by atoms with Crippen LogP contribution in [0.1, 0.15) is 5.56 Å². The third-order valence-corrected chi connectivity index (χ3v) is 4.02. The normalized spacial score (nSPS) is 11.1. The van der Waals surface area contributed by atoms with Gasteiger partial charge in [0.15, 0.2) is 0 Å². The fourth-order valence-corrected chi connectivity index (χ4v) is 2.67. The van der Waals surface area contributed by atoms with Gasteiger partial charge in [-0.1, -0.05) is 53.5 Å². The summed E-state index contributed by atoms with van der Waals surface area (Å²) >= 11 is 12.1. The van der Waals surface area contributed by atoms with Crippen molar-refractivity contribution >= 4 is 45.9 Å². The van der Waals surface area contributed by atoms with Crippen LogP contribution in [0.2, 0.25) is 10.0 Å². The molecule has 116 valence electrons. The highest BCUT2D eigenvalue weighted by molar-refractivity contribution is 6.35. The minimum atomic E-state index is 0.552. The number of halogens is 2. The molecule has 0 amide bonds. The van der Waals surface area contributed by atoms with Crippen LogP contribution < -0.4 is 10.2 Å². The number of nitrogens with one attached hydrogen (secondary N) is 1. The van der Waals surface area contributed by atoms with Gasteiger partial charge in [-0.15, -0.1) is 0 Å². The van der Waals surface area contributed by atoms with E-state index in [1.807, 2.05) is 36.4 Å². The topological polar surface area (TPSA) is 33.6 Å². The van der Waals surface area contributed by atoms with Crippen molar-refractivity contribution in [1.82, 2.24) is 0 Å². The molecule has 0 bridgehead atoms. The Morgan fingerprint density at radius 3 is 2.70 bits per heavy atom. The standard InChI is InChI=1S/C18H14Cl2N2O/c1-23-18-9-6-12-4-2-3-5-14(12)15(18)11-21-22-17-10-13(19)7-8-16(17)20/h2-11,22H,1H3. The van der Waals surface area contributed by atoms with Crippen molar-refractivity contribution in [3.63, 3.8) is 0 Å². The molecule has 0 heterocycles. The molecular formula is C18H14Cl2N2O. The van der Waals surface area contributed by atoms with Crippen LogP contribution in [-0.2, 0) is 0 Å². The molecule has 5 heteroatoms. The van der Waals surface area contributed by atoms with Crippen LogP contribution in [0.25, 0.3) is 10.8 Å². The summed E-state index contributed by atoms with van der Waals surface area (Å²) in [5.74, 6) is 0.756. The van der Waals surface area contributed by atoms with Crippen molar-refractivity contribution in [3.05, 3.63) is 70.2 Å². The third kappa shape index (κ3) is 3.41. The molecule has 3 aromatic rings. The first kappa shape index (κ1) is 15.7. The van der Waals surface area contributed by atoms with E-state index in [4.69, 9.17) is 27.9 Å². The molecule has 3 aromatic carbocycles.